The summed E-state index contributed by atoms with van der Waals surface area (Å²) < 4.78 is 17.0. The number of aromatic nitrogens is 1. The molecule has 1 N–H and O–H groups in total. The van der Waals surface area contributed by atoms with Crippen LogP contribution in [0.15, 0.2) is 40.9 Å². The quantitative estimate of drug-likeness (QED) is 0.686. The largest absolute Gasteiger partial charge is 0.489 e. The zero-order valence-corrected chi connectivity index (χ0v) is 16.4. The molecule has 0 unspecified atom stereocenters. The molecule has 0 aliphatic heterocycles. The molecule has 28 heavy (non-hydrogen) atoms. The van der Waals surface area contributed by atoms with E-state index in [1.54, 1.807) is 13.3 Å². The van der Waals surface area contributed by atoms with E-state index < -0.39 is 0 Å². The Morgan fingerprint density at radius 2 is 2.14 bits per heavy atom. The summed E-state index contributed by atoms with van der Waals surface area (Å²) in [5.41, 5.74) is 1.99. The Bertz CT molecular complexity index is 1020. The highest BCUT2D eigenvalue weighted by Gasteiger charge is 2.34. The molecule has 2 heterocycles. The first-order valence-electron chi connectivity index (χ1n) is 9.45. The van der Waals surface area contributed by atoms with Gasteiger partial charge in [0.1, 0.15) is 23.7 Å². The molecule has 1 aliphatic rings. The van der Waals surface area contributed by atoms with Gasteiger partial charge < -0.3 is 19.2 Å². The van der Waals surface area contributed by atoms with Crippen LogP contribution in [0.5, 0.6) is 11.6 Å². The van der Waals surface area contributed by atoms with E-state index in [4.69, 9.17) is 13.9 Å². The zero-order valence-electron chi connectivity index (χ0n) is 16.4. The van der Waals surface area contributed by atoms with Gasteiger partial charge in [-0.15, -0.1) is 0 Å². The number of carbonyl (C=O) groups is 1. The second kappa shape index (κ2) is 7.19. The molecular weight excluding hydrogens is 356 g/mol. The van der Waals surface area contributed by atoms with Crippen LogP contribution in [0, 0.1) is 6.92 Å². The predicted molar refractivity (Wildman–Crippen MR) is 106 cm³/mol. The van der Waals surface area contributed by atoms with Gasteiger partial charge in [-0.1, -0.05) is 0 Å². The number of benzene rings is 1. The number of hydrogen-bond acceptors (Lipinski definition) is 5. The number of methoxy groups -OCH3 is 1. The van der Waals surface area contributed by atoms with Gasteiger partial charge >= 0.3 is 0 Å². The van der Waals surface area contributed by atoms with Crippen molar-refractivity contribution < 1.29 is 18.7 Å². The molecule has 146 valence electrons. The van der Waals surface area contributed by atoms with Gasteiger partial charge in [-0.25, -0.2) is 4.98 Å². The van der Waals surface area contributed by atoms with Crippen molar-refractivity contribution in [2.75, 3.05) is 7.11 Å². The Labute approximate surface area is 163 Å². The first-order chi connectivity index (χ1) is 13.5. The standard InChI is InChI=1S/C22H24N2O4/c1-14-19(20(25)24-22(2)9-5-10-22)17-12-16(7-8-18(17)28-14)27-13-15-6-4-11-23-21(15)26-3/h4,6-8,11-12H,5,9-10,13H2,1-3H3,(H,24,25). The highest BCUT2D eigenvalue weighted by atomic mass is 16.5. The number of nitrogens with zero attached hydrogens (tertiary/aromatic N) is 1. The molecule has 1 fully saturated rings. The fourth-order valence-corrected chi connectivity index (χ4v) is 3.62. The van der Waals surface area contributed by atoms with Gasteiger partial charge in [0.05, 0.1) is 18.2 Å². The summed E-state index contributed by atoms with van der Waals surface area (Å²) in [4.78, 5) is 17.1. The van der Waals surface area contributed by atoms with Crippen LogP contribution < -0.4 is 14.8 Å². The van der Waals surface area contributed by atoms with Crippen molar-refractivity contribution in [2.45, 2.75) is 45.3 Å². The number of pyridine rings is 1. The van der Waals surface area contributed by atoms with E-state index in [9.17, 15) is 4.79 Å². The maximum absolute atomic E-state index is 12.9. The van der Waals surface area contributed by atoms with Crippen LogP contribution >= 0.6 is 0 Å². The van der Waals surface area contributed by atoms with Gasteiger partial charge in [0.15, 0.2) is 0 Å². The molecule has 0 bridgehead atoms. The lowest BCUT2D eigenvalue weighted by atomic mass is 9.78. The number of carbonyl (C=O) groups excluding carboxylic acids is 1. The van der Waals surface area contributed by atoms with Crippen LogP contribution in [0.1, 0.15) is 47.9 Å². The second-order valence-electron chi connectivity index (χ2n) is 7.52. The third kappa shape index (κ3) is 3.42. The SMILES string of the molecule is COc1ncccc1COc1ccc2oc(C)c(C(=O)NC3(C)CCC3)c2c1. The smallest absolute Gasteiger partial charge is 0.255 e. The van der Waals surface area contributed by atoms with Gasteiger partial charge in [-0.05, 0) is 63.4 Å². The molecule has 1 aliphatic carbocycles. The van der Waals surface area contributed by atoms with E-state index in [0.29, 0.717) is 35.1 Å². The monoisotopic (exact) mass is 380 g/mol. The Morgan fingerprint density at radius 3 is 2.86 bits per heavy atom. The van der Waals surface area contributed by atoms with Crippen molar-refractivity contribution in [3.63, 3.8) is 0 Å². The van der Waals surface area contributed by atoms with Crippen molar-refractivity contribution in [3.8, 4) is 11.6 Å². The molecule has 1 saturated carbocycles. The fraction of sp³-hybridized carbons (Fsp3) is 0.364. The Balaban J connectivity index is 1.58. The molecular formula is C22H24N2O4. The molecule has 6 heteroatoms. The van der Waals surface area contributed by atoms with Crippen LogP contribution in [0.25, 0.3) is 11.0 Å². The average molecular weight is 380 g/mol. The van der Waals surface area contributed by atoms with Gasteiger partial charge in [-0.2, -0.15) is 0 Å². The second-order valence-corrected chi connectivity index (χ2v) is 7.52. The molecule has 2 aromatic heterocycles. The zero-order chi connectivity index (χ0) is 19.7. The van der Waals surface area contributed by atoms with E-state index in [1.165, 1.54) is 0 Å². The topological polar surface area (TPSA) is 73.6 Å². The molecule has 1 amide bonds. The summed E-state index contributed by atoms with van der Waals surface area (Å²) in [6, 6.07) is 9.27. The highest BCUT2D eigenvalue weighted by molar-refractivity contribution is 6.07. The lowest BCUT2D eigenvalue weighted by Gasteiger charge is -2.39. The minimum Gasteiger partial charge on any atom is -0.489 e. The summed E-state index contributed by atoms with van der Waals surface area (Å²) in [6.45, 7) is 4.22. The van der Waals surface area contributed by atoms with E-state index >= 15 is 0 Å². The van der Waals surface area contributed by atoms with Gasteiger partial charge in [0.25, 0.3) is 5.91 Å². The van der Waals surface area contributed by atoms with Crippen LogP contribution in [0.3, 0.4) is 0 Å². The number of rotatable bonds is 6. The van der Waals surface area contributed by atoms with Crippen LogP contribution in [-0.4, -0.2) is 23.5 Å². The number of hydrogen-bond donors (Lipinski definition) is 1. The molecule has 0 radical (unpaired) electrons. The van der Waals surface area contributed by atoms with E-state index in [0.717, 1.165) is 30.2 Å². The van der Waals surface area contributed by atoms with Gasteiger partial charge in [-0.3, -0.25) is 4.79 Å². The fourth-order valence-electron chi connectivity index (χ4n) is 3.62. The Hall–Kier alpha value is -3.02. The summed E-state index contributed by atoms with van der Waals surface area (Å²) >= 11 is 0. The normalized spacial score (nSPS) is 15.1. The number of amides is 1. The first-order valence-corrected chi connectivity index (χ1v) is 9.45. The summed E-state index contributed by atoms with van der Waals surface area (Å²) in [6.07, 6.45) is 4.84. The summed E-state index contributed by atoms with van der Waals surface area (Å²) in [5.74, 6) is 1.71. The average Bonchev–Trinajstić information content (AvgIpc) is 3.00. The third-order valence-corrected chi connectivity index (χ3v) is 5.37. The molecule has 0 atom stereocenters. The minimum atomic E-state index is -0.113. The third-order valence-electron chi connectivity index (χ3n) is 5.37. The summed E-state index contributed by atoms with van der Waals surface area (Å²) in [7, 11) is 1.58. The van der Waals surface area contributed by atoms with Crippen molar-refractivity contribution in [1.82, 2.24) is 10.3 Å². The first kappa shape index (κ1) is 18.3. The highest BCUT2D eigenvalue weighted by Crippen LogP contribution is 2.34. The maximum Gasteiger partial charge on any atom is 0.255 e. The molecule has 0 saturated heterocycles. The number of nitrogens with one attached hydrogen (secondary N) is 1. The van der Waals surface area contributed by atoms with Gasteiger partial charge in [0.2, 0.25) is 5.88 Å². The lowest BCUT2D eigenvalue weighted by Crippen LogP contribution is -2.51. The maximum atomic E-state index is 12.9. The Kier molecular flexibility index (Phi) is 4.71. The predicted octanol–water partition coefficient (Wildman–Crippen LogP) is 4.40. The van der Waals surface area contributed by atoms with E-state index in [2.05, 4.69) is 17.2 Å². The number of fused-ring (bicyclic) bond motifs is 1. The van der Waals surface area contributed by atoms with Crippen LogP contribution in [0.2, 0.25) is 0 Å². The molecule has 6 nitrogen and oxygen atoms in total. The number of furan rings is 1. The lowest BCUT2D eigenvalue weighted by molar-refractivity contribution is 0.0850. The number of aryl methyl sites for hydroxylation is 1. The molecule has 0 spiro atoms. The van der Waals surface area contributed by atoms with E-state index in [1.807, 2.05) is 37.3 Å². The molecule has 4 rings (SSSR count). The summed E-state index contributed by atoms with van der Waals surface area (Å²) in [5, 5.41) is 3.91. The minimum absolute atomic E-state index is 0.0930. The van der Waals surface area contributed by atoms with Crippen molar-refractivity contribution >= 4 is 16.9 Å². The number of ether oxygens (including phenoxy) is 2. The van der Waals surface area contributed by atoms with Gasteiger partial charge in [0, 0.05) is 17.1 Å². The van der Waals surface area contributed by atoms with E-state index in [-0.39, 0.29) is 11.4 Å². The molecule has 1 aromatic carbocycles. The van der Waals surface area contributed by atoms with Crippen LogP contribution in [-0.2, 0) is 6.61 Å². The van der Waals surface area contributed by atoms with Crippen LogP contribution in [0.4, 0.5) is 0 Å². The molecule has 3 aromatic rings. The van der Waals surface area contributed by atoms with Crippen molar-refractivity contribution in [3.05, 3.63) is 53.4 Å². The van der Waals surface area contributed by atoms with Crippen molar-refractivity contribution in [2.24, 2.45) is 0 Å². The van der Waals surface area contributed by atoms with Crippen molar-refractivity contribution in [1.29, 1.82) is 0 Å². The Morgan fingerprint density at radius 1 is 1.32 bits per heavy atom.